The van der Waals surface area contributed by atoms with E-state index in [1.165, 1.54) is 6.92 Å². The summed E-state index contributed by atoms with van der Waals surface area (Å²) < 4.78 is 0. The third-order valence-electron chi connectivity index (χ3n) is 3.28. The molecule has 0 aliphatic heterocycles. The summed E-state index contributed by atoms with van der Waals surface area (Å²) in [6.45, 7) is 5.17. The van der Waals surface area contributed by atoms with Gasteiger partial charge in [0.05, 0.1) is 6.04 Å². The number of guanidine groups is 1. The maximum absolute atomic E-state index is 12.1. The third-order valence-corrected chi connectivity index (χ3v) is 3.28. The molecule has 0 saturated heterocycles. The summed E-state index contributed by atoms with van der Waals surface area (Å²) in [7, 11) is 0. The zero-order chi connectivity index (χ0) is 18.9. The molecule has 24 heavy (non-hydrogen) atoms. The monoisotopic (exact) mass is 344 g/mol. The molecular weight excluding hydrogens is 316 g/mol. The number of rotatable bonds is 10. The van der Waals surface area contributed by atoms with Crippen molar-refractivity contribution in [3.8, 4) is 0 Å². The summed E-state index contributed by atoms with van der Waals surface area (Å²) in [5, 5.41) is 13.7. The summed E-state index contributed by atoms with van der Waals surface area (Å²) in [5.41, 5.74) is 16.2. The number of carboxylic acid groups (broad SMARTS) is 1. The van der Waals surface area contributed by atoms with Crippen LogP contribution in [0.15, 0.2) is 4.99 Å². The summed E-state index contributed by atoms with van der Waals surface area (Å²) in [6.07, 6.45) is 0.863. The minimum atomic E-state index is -1.16. The molecule has 0 aromatic carbocycles. The minimum absolute atomic E-state index is 0.0304. The molecule has 3 atom stereocenters. The Labute approximate surface area is 141 Å². The van der Waals surface area contributed by atoms with E-state index in [1.54, 1.807) is 13.8 Å². The van der Waals surface area contributed by atoms with Crippen LogP contribution in [0.25, 0.3) is 0 Å². The molecule has 2 amide bonds. The summed E-state index contributed by atoms with van der Waals surface area (Å²) in [6, 6.07) is -2.74. The number of aliphatic carboxylic acids is 1. The molecule has 10 nitrogen and oxygen atoms in total. The fourth-order valence-corrected chi connectivity index (χ4v) is 1.81. The van der Waals surface area contributed by atoms with Crippen molar-refractivity contribution in [3.63, 3.8) is 0 Å². The van der Waals surface area contributed by atoms with E-state index >= 15 is 0 Å². The number of amides is 2. The minimum Gasteiger partial charge on any atom is -0.480 e. The quantitative estimate of drug-likeness (QED) is 0.152. The van der Waals surface area contributed by atoms with Gasteiger partial charge in [-0.25, -0.2) is 0 Å². The van der Waals surface area contributed by atoms with Crippen LogP contribution >= 0.6 is 0 Å². The topological polar surface area (TPSA) is 186 Å². The Balaban J connectivity index is 4.59. The number of hydrogen-bond acceptors (Lipinski definition) is 5. The van der Waals surface area contributed by atoms with Gasteiger partial charge in [0.2, 0.25) is 11.8 Å². The number of nitrogens with zero attached hydrogens (tertiary/aromatic N) is 1. The van der Waals surface area contributed by atoms with Crippen LogP contribution in [0.3, 0.4) is 0 Å². The molecule has 0 unspecified atom stereocenters. The van der Waals surface area contributed by atoms with Crippen LogP contribution in [0.2, 0.25) is 0 Å². The molecule has 0 radical (unpaired) electrons. The van der Waals surface area contributed by atoms with Crippen LogP contribution in [0.1, 0.15) is 33.6 Å². The number of hydrogen-bond donors (Lipinski definition) is 6. The molecule has 0 aliphatic rings. The summed E-state index contributed by atoms with van der Waals surface area (Å²) >= 11 is 0. The van der Waals surface area contributed by atoms with Crippen LogP contribution < -0.4 is 27.8 Å². The van der Waals surface area contributed by atoms with Crippen LogP contribution in [0.5, 0.6) is 0 Å². The predicted molar refractivity (Wildman–Crippen MR) is 89.9 cm³/mol. The van der Waals surface area contributed by atoms with Gasteiger partial charge in [0.15, 0.2) is 5.96 Å². The Hall–Kier alpha value is -2.36. The van der Waals surface area contributed by atoms with Crippen molar-refractivity contribution in [2.24, 2.45) is 28.1 Å². The van der Waals surface area contributed by atoms with Crippen molar-refractivity contribution in [3.05, 3.63) is 0 Å². The average molecular weight is 344 g/mol. The van der Waals surface area contributed by atoms with Gasteiger partial charge in [-0.1, -0.05) is 13.8 Å². The van der Waals surface area contributed by atoms with Crippen molar-refractivity contribution < 1.29 is 19.5 Å². The molecule has 0 spiro atoms. The highest BCUT2D eigenvalue weighted by atomic mass is 16.4. The van der Waals surface area contributed by atoms with Gasteiger partial charge in [-0.05, 0) is 25.7 Å². The fraction of sp³-hybridized carbons (Fsp3) is 0.714. The van der Waals surface area contributed by atoms with Crippen LogP contribution in [-0.2, 0) is 14.4 Å². The average Bonchev–Trinajstić information content (AvgIpc) is 2.47. The highest BCUT2D eigenvalue weighted by molar-refractivity contribution is 5.91. The molecule has 0 aliphatic carbocycles. The van der Waals surface area contributed by atoms with Gasteiger partial charge in [-0.15, -0.1) is 0 Å². The molecule has 0 saturated carbocycles. The highest BCUT2D eigenvalue weighted by Crippen LogP contribution is 2.04. The Morgan fingerprint density at radius 1 is 1.08 bits per heavy atom. The second-order valence-corrected chi connectivity index (χ2v) is 5.85. The Morgan fingerprint density at radius 3 is 2.12 bits per heavy atom. The zero-order valence-electron chi connectivity index (χ0n) is 14.3. The van der Waals surface area contributed by atoms with Gasteiger partial charge < -0.3 is 32.9 Å². The second kappa shape index (κ2) is 10.4. The van der Waals surface area contributed by atoms with E-state index in [2.05, 4.69) is 15.6 Å². The van der Waals surface area contributed by atoms with Crippen molar-refractivity contribution in [2.45, 2.75) is 51.7 Å². The third kappa shape index (κ3) is 8.32. The zero-order valence-corrected chi connectivity index (χ0v) is 14.3. The van der Waals surface area contributed by atoms with Crippen LogP contribution in [0, 0.1) is 5.92 Å². The number of carboxylic acids is 1. The summed E-state index contributed by atoms with van der Waals surface area (Å²) in [5.74, 6) is -2.48. The first-order valence-electron chi connectivity index (χ1n) is 7.70. The van der Waals surface area contributed by atoms with E-state index in [0.29, 0.717) is 19.4 Å². The molecule has 9 N–H and O–H groups in total. The van der Waals surface area contributed by atoms with E-state index in [4.69, 9.17) is 22.3 Å². The van der Waals surface area contributed by atoms with E-state index in [9.17, 15) is 14.4 Å². The van der Waals surface area contributed by atoms with Gasteiger partial charge in [-0.3, -0.25) is 19.4 Å². The SMILES string of the molecule is CC(C)[C@H](NC(=O)[C@@H](N)CCCN=C(N)N)C(=O)N[C@@H](C)C(=O)O. The molecule has 0 bridgehead atoms. The lowest BCUT2D eigenvalue weighted by atomic mass is 10.0. The van der Waals surface area contributed by atoms with Crippen molar-refractivity contribution >= 4 is 23.7 Å². The fourth-order valence-electron chi connectivity index (χ4n) is 1.81. The van der Waals surface area contributed by atoms with Gasteiger partial charge in [0.25, 0.3) is 0 Å². The first kappa shape index (κ1) is 21.6. The van der Waals surface area contributed by atoms with Crippen molar-refractivity contribution in [1.29, 1.82) is 0 Å². The number of aliphatic imine (C=N–C) groups is 1. The van der Waals surface area contributed by atoms with E-state index in [0.717, 1.165) is 0 Å². The Morgan fingerprint density at radius 2 is 1.67 bits per heavy atom. The number of carbonyl (C=O) groups excluding carboxylic acids is 2. The van der Waals surface area contributed by atoms with E-state index in [1.807, 2.05) is 0 Å². The maximum atomic E-state index is 12.1. The molecule has 0 aromatic heterocycles. The van der Waals surface area contributed by atoms with Gasteiger partial charge in [0.1, 0.15) is 12.1 Å². The summed E-state index contributed by atoms with van der Waals surface area (Å²) in [4.78, 5) is 38.8. The molecule has 0 heterocycles. The first-order chi connectivity index (χ1) is 11.1. The number of carbonyl (C=O) groups is 3. The second-order valence-electron chi connectivity index (χ2n) is 5.85. The smallest absolute Gasteiger partial charge is 0.325 e. The standard InChI is InChI=1S/C14H28N6O4/c1-7(2)10(12(22)19-8(3)13(23)24)20-11(21)9(15)5-4-6-18-14(16)17/h7-10H,4-6,15H2,1-3H3,(H,19,22)(H,20,21)(H,23,24)(H4,16,17,18)/t8-,9-,10-/m0/s1. The largest absolute Gasteiger partial charge is 0.480 e. The lowest BCUT2D eigenvalue weighted by Gasteiger charge is -2.24. The molecule has 0 fully saturated rings. The molecule has 10 heteroatoms. The van der Waals surface area contributed by atoms with Crippen LogP contribution in [-0.4, -0.2) is 53.5 Å². The van der Waals surface area contributed by atoms with Crippen molar-refractivity contribution in [1.82, 2.24) is 10.6 Å². The Kier molecular flexibility index (Phi) is 9.40. The van der Waals surface area contributed by atoms with Gasteiger partial charge in [0, 0.05) is 6.54 Å². The molecule has 0 rings (SSSR count). The maximum Gasteiger partial charge on any atom is 0.325 e. The van der Waals surface area contributed by atoms with E-state index < -0.39 is 35.9 Å². The highest BCUT2D eigenvalue weighted by Gasteiger charge is 2.28. The molecule has 138 valence electrons. The lowest BCUT2D eigenvalue weighted by molar-refractivity contribution is -0.142. The molecular formula is C14H28N6O4. The van der Waals surface area contributed by atoms with E-state index in [-0.39, 0.29) is 11.9 Å². The number of nitrogens with one attached hydrogen (secondary N) is 2. The Bertz CT molecular complexity index is 476. The number of nitrogens with two attached hydrogens (primary N) is 3. The van der Waals surface area contributed by atoms with Crippen LogP contribution in [0.4, 0.5) is 0 Å². The van der Waals surface area contributed by atoms with Crippen molar-refractivity contribution in [2.75, 3.05) is 6.54 Å². The lowest BCUT2D eigenvalue weighted by Crippen LogP contribution is -2.55. The molecule has 0 aromatic rings. The normalized spacial score (nSPS) is 14.4. The van der Waals surface area contributed by atoms with Gasteiger partial charge >= 0.3 is 5.97 Å². The first-order valence-corrected chi connectivity index (χ1v) is 7.70. The predicted octanol–water partition coefficient (Wildman–Crippen LogP) is -1.90. The van der Waals surface area contributed by atoms with Gasteiger partial charge in [-0.2, -0.15) is 0 Å².